The van der Waals surface area contributed by atoms with Gasteiger partial charge in [0.25, 0.3) is 5.91 Å². The molecule has 0 radical (unpaired) electrons. The van der Waals surface area contributed by atoms with Gasteiger partial charge in [-0.1, -0.05) is 18.6 Å². The SMILES string of the molecule is O=CC(=O)c1ccc(C(=O)NCCCOCCOCCOCCCNC(=O)CCCCC2SCC3NC(=O)NC32)cc1. The molecule has 2 aliphatic heterocycles. The smallest absolute Gasteiger partial charge is 0.315 e. The molecule has 0 spiro atoms. The molecule has 3 rings (SSSR count). The minimum Gasteiger partial charge on any atom is -0.379 e. The number of ether oxygens (including phenoxy) is 3. The predicted octanol–water partition coefficient (Wildman–Crippen LogP) is 1.47. The zero-order valence-corrected chi connectivity index (χ0v) is 24.7. The van der Waals surface area contributed by atoms with Crippen LogP contribution in [-0.2, 0) is 23.8 Å². The van der Waals surface area contributed by atoms with E-state index in [-0.39, 0.29) is 41.8 Å². The number of carbonyl (C=O) groups is 5. The first-order valence-electron chi connectivity index (χ1n) is 14.5. The maximum atomic E-state index is 12.1. The van der Waals surface area contributed by atoms with E-state index in [1.807, 2.05) is 11.8 Å². The van der Waals surface area contributed by atoms with Crippen molar-refractivity contribution in [3.63, 3.8) is 0 Å². The number of amides is 4. The first-order valence-corrected chi connectivity index (χ1v) is 15.6. The van der Waals surface area contributed by atoms with Crippen molar-refractivity contribution in [3.8, 4) is 0 Å². The lowest BCUT2D eigenvalue weighted by Gasteiger charge is -2.16. The number of hydrogen-bond acceptors (Lipinski definition) is 9. The number of carbonyl (C=O) groups excluding carboxylic acids is 5. The molecule has 12 nitrogen and oxygen atoms in total. The zero-order chi connectivity index (χ0) is 30.0. The number of hydrogen-bond donors (Lipinski definition) is 4. The molecule has 2 aliphatic rings. The van der Waals surface area contributed by atoms with Gasteiger partial charge in [-0.2, -0.15) is 11.8 Å². The van der Waals surface area contributed by atoms with Crippen LogP contribution >= 0.6 is 11.8 Å². The minimum absolute atomic E-state index is 0.0638. The lowest BCUT2D eigenvalue weighted by atomic mass is 10.0. The summed E-state index contributed by atoms with van der Waals surface area (Å²) in [6, 6.07) is 6.32. The van der Waals surface area contributed by atoms with E-state index < -0.39 is 5.78 Å². The van der Waals surface area contributed by atoms with Crippen molar-refractivity contribution in [2.24, 2.45) is 0 Å². The predicted molar refractivity (Wildman–Crippen MR) is 158 cm³/mol. The normalized spacial score (nSPS) is 19.0. The second-order valence-corrected chi connectivity index (χ2v) is 11.3. The van der Waals surface area contributed by atoms with Crippen LogP contribution < -0.4 is 21.3 Å². The van der Waals surface area contributed by atoms with Crippen molar-refractivity contribution in [2.45, 2.75) is 55.9 Å². The third-order valence-electron chi connectivity index (χ3n) is 6.90. The summed E-state index contributed by atoms with van der Waals surface area (Å²) in [5.74, 6) is 0.144. The van der Waals surface area contributed by atoms with E-state index in [1.165, 1.54) is 24.3 Å². The van der Waals surface area contributed by atoms with Gasteiger partial charge in [0.05, 0.1) is 38.5 Å². The van der Waals surface area contributed by atoms with Crippen LogP contribution in [0.1, 0.15) is 59.2 Å². The Morgan fingerprint density at radius 1 is 0.833 bits per heavy atom. The van der Waals surface area contributed by atoms with E-state index in [2.05, 4.69) is 21.3 Å². The maximum absolute atomic E-state index is 12.1. The molecule has 1 aromatic rings. The van der Waals surface area contributed by atoms with Gasteiger partial charge in [-0.15, -0.1) is 0 Å². The zero-order valence-electron chi connectivity index (χ0n) is 23.9. The topological polar surface area (TPSA) is 161 Å². The average molecular weight is 607 g/mol. The van der Waals surface area contributed by atoms with Crippen LogP contribution in [0.5, 0.6) is 0 Å². The molecule has 3 atom stereocenters. The number of nitrogens with one attached hydrogen (secondary N) is 4. The molecule has 1 aromatic carbocycles. The van der Waals surface area contributed by atoms with Crippen LogP contribution in [0.4, 0.5) is 4.79 Å². The Morgan fingerprint density at radius 2 is 1.45 bits per heavy atom. The van der Waals surface area contributed by atoms with Gasteiger partial charge in [-0.05, 0) is 37.8 Å². The molecule has 2 heterocycles. The van der Waals surface area contributed by atoms with Gasteiger partial charge >= 0.3 is 6.03 Å². The number of ketones is 1. The number of rotatable bonds is 22. The van der Waals surface area contributed by atoms with Crippen LogP contribution in [0.3, 0.4) is 0 Å². The second kappa shape index (κ2) is 19.2. The highest BCUT2D eigenvalue weighted by Gasteiger charge is 2.42. The van der Waals surface area contributed by atoms with Crippen molar-refractivity contribution < 1.29 is 38.2 Å². The van der Waals surface area contributed by atoms with E-state index >= 15 is 0 Å². The van der Waals surface area contributed by atoms with Gasteiger partial charge in [0.15, 0.2) is 6.29 Å². The second-order valence-electron chi connectivity index (χ2n) is 10.1. The highest BCUT2D eigenvalue weighted by atomic mass is 32.2. The molecule has 0 bridgehead atoms. The summed E-state index contributed by atoms with van der Waals surface area (Å²) in [5.41, 5.74) is 0.665. The fraction of sp³-hybridized carbons (Fsp3) is 0.621. The molecule has 232 valence electrons. The minimum atomic E-state index is -0.621. The Hall–Kier alpha value is -3.00. The lowest BCUT2D eigenvalue weighted by Crippen LogP contribution is -2.36. The van der Waals surface area contributed by atoms with Crippen molar-refractivity contribution in [1.29, 1.82) is 0 Å². The Kier molecular flexibility index (Phi) is 15.3. The summed E-state index contributed by atoms with van der Waals surface area (Å²) in [6.45, 7) is 3.89. The highest BCUT2D eigenvalue weighted by molar-refractivity contribution is 8.00. The van der Waals surface area contributed by atoms with E-state index in [0.717, 1.165) is 31.4 Å². The maximum Gasteiger partial charge on any atom is 0.315 e. The van der Waals surface area contributed by atoms with Crippen LogP contribution in [-0.4, -0.2) is 106 Å². The first kappa shape index (κ1) is 33.5. The molecular weight excluding hydrogens is 564 g/mol. The molecule has 13 heteroatoms. The van der Waals surface area contributed by atoms with Gasteiger partial charge in [0, 0.05) is 54.9 Å². The van der Waals surface area contributed by atoms with Crippen molar-refractivity contribution in [3.05, 3.63) is 35.4 Å². The number of unbranched alkanes of at least 4 members (excludes halogenated alkanes) is 1. The number of thioether (sulfide) groups is 1. The fourth-order valence-corrected chi connectivity index (χ4v) is 6.18. The summed E-state index contributed by atoms with van der Waals surface area (Å²) in [5, 5.41) is 12.1. The number of fused-ring (bicyclic) bond motifs is 1. The third-order valence-corrected chi connectivity index (χ3v) is 8.41. The summed E-state index contributed by atoms with van der Waals surface area (Å²) in [7, 11) is 0. The van der Waals surface area contributed by atoms with E-state index in [1.54, 1.807) is 0 Å². The molecule has 4 amide bonds. The average Bonchev–Trinajstić information content (AvgIpc) is 3.55. The largest absolute Gasteiger partial charge is 0.379 e. The summed E-state index contributed by atoms with van der Waals surface area (Å²) in [4.78, 5) is 57.4. The summed E-state index contributed by atoms with van der Waals surface area (Å²) < 4.78 is 16.5. The van der Waals surface area contributed by atoms with Crippen LogP contribution in [0, 0.1) is 0 Å². The molecule has 0 saturated carbocycles. The number of aldehydes is 1. The highest BCUT2D eigenvalue weighted by Crippen LogP contribution is 2.33. The Labute approximate surface area is 250 Å². The fourth-order valence-electron chi connectivity index (χ4n) is 4.64. The number of benzene rings is 1. The van der Waals surface area contributed by atoms with Gasteiger partial charge in [0.1, 0.15) is 0 Å². The molecular formula is C29H42N4O8S. The third kappa shape index (κ3) is 12.1. The first-order chi connectivity index (χ1) is 20.5. The van der Waals surface area contributed by atoms with Crippen molar-refractivity contribution >= 4 is 41.7 Å². The van der Waals surface area contributed by atoms with Gasteiger partial charge < -0.3 is 35.5 Å². The monoisotopic (exact) mass is 606 g/mol. The molecule has 42 heavy (non-hydrogen) atoms. The molecule has 3 unspecified atom stereocenters. The van der Waals surface area contributed by atoms with E-state index in [0.29, 0.717) is 76.4 Å². The van der Waals surface area contributed by atoms with E-state index in [9.17, 15) is 24.0 Å². The standard InChI is InChI=1S/C29H42N4O8S/c34-19-24(35)21-7-9-22(10-8-21)28(37)31-12-4-14-40-16-18-41-17-15-39-13-3-11-30-26(36)6-2-1-5-25-27-23(20-42-25)32-29(38)33-27/h7-10,19,23,25,27H,1-6,11-18,20H2,(H,30,36)(H,31,37)(H2,32,33,38). The van der Waals surface area contributed by atoms with Crippen molar-refractivity contribution in [2.75, 3.05) is 58.5 Å². The van der Waals surface area contributed by atoms with Gasteiger partial charge in [-0.25, -0.2) is 4.79 Å². The van der Waals surface area contributed by atoms with Crippen LogP contribution in [0.15, 0.2) is 24.3 Å². The van der Waals surface area contributed by atoms with Crippen LogP contribution in [0.2, 0.25) is 0 Å². The Morgan fingerprint density at radius 3 is 2.12 bits per heavy atom. The Balaban J connectivity index is 1.03. The van der Waals surface area contributed by atoms with Crippen molar-refractivity contribution in [1.82, 2.24) is 21.3 Å². The van der Waals surface area contributed by atoms with Gasteiger partial charge in [0.2, 0.25) is 11.7 Å². The van der Waals surface area contributed by atoms with Gasteiger partial charge in [-0.3, -0.25) is 19.2 Å². The summed E-state index contributed by atoms with van der Waals surface area (Å²) in [6.07, 6.45) is 4.98. The molecule has 0 aromatic heterocycles. The lowest BCUT2D eigenvalue weighted by molar-refractivity contribution is -0.121. The van der Waals surface area contributed by atoms with Crippen LogP contribution in [0.25, 0.3) is 0 Å². The summed E-state index contributed by atoms with van der Waals surface area (Å²) >= 11 is 1.90. The molecule has 2 fully saturated rings. The quantitative estimate of drug-likeness (QED) is 0.0504. The molecule has 0 aliphatic carbocycles. The number of urea groups is 1. The Bertz CT molecular complexity index is 1030. The number of Topliss-reactive ketones (excluding diaryl/α,β-unsaturated/α-hetero) is 1. The molecule has 4 N–H and O–H groups in total. The van der Waals surface area contributed by atoms with E-state index in [4.69, 9.17) is 14.2 Å². The molecule has 2 saturated heterocycles.